The molecule has 0 amide bonds. The zero-order chi connectivity index (χ0) is 18.2. The number of nitrogens with one attached hydrogen (secondary N) is 2. The molecule has 134 valence electrons. The van der Waals surface area contributed by atoms with Gasteiger partial charge in [0.2, 0.25) is 0 Å². The second-order valence-corrected chi connectivity index (χ2v) is 7.61. The minimum absolute atomic E-state index is 0.00755. The third-order valence-electron chi connectivity index (χ3n) is 5.94. The number of benzene rings is 2. The van der Waals surface area contributed by atoms with Crippen LogP contribution >= 0.6 is 0 Å². The van der Waals surface area contributed by atoms with Crippen molar-refractivity contribution in [2.24, 2.45) is 0 Å². The normalized spacial score (nSPS) is 14.5. The third-order valence-corrected chi connectivity index (χ3v) is 5.94. The van der Waals surface area contributed by atoms with E-state index in [1.165, 1.54) is 44.5 Å². The molecule has 1 aliphatic carbocycles. The smallest absolute Gasteiger partial charge is 0.0463 e. The molecule has 0 saturated carbocycles. The van der Waals surface area contributed by atoms with Crippen molar-refractivity contribution in [2.75, 3.05) is 26.2 Å². The van der Waals surface area contributed by atoms with Gasteiger partial charge in [-0.3, -0.25) is 0 Å². The Hall–Kier alpha value is -1.64. The standard InChI is InChI=1S/C23H32N2/c1-7-24-13-23(14-25-8-2)21-11-17(5)15(3)9-19(21)20-10-16(4)18(6)12-22(20)23/h9-12,24-25H,7-8,13-14H2,1-6H3. The van der Waals surface area contributed by atoms with Gasteiger partial charge < -0.3 is 10.6 Å². The zero-order valence-electron chi connectivity index (χ0n) is 16.6. The van der Waals surface area contributed by atoms with E-state index in [1.807, 2.05) is 0 Å². The van der Waals surface area contributed by atoms with E-state index < -0.39 is 0 Å². The van der Waals surface area contributed by atoms with Crippen LogP contribution < -0.4 is 10.6 Å². The summed E-state index contributed by atoms with van der Waals surface area (Å²) in [6.07, 6.45) is 0. The highest BCUT2D eigenvalue weighted by Crippen LogP contribution is 2.50. The van der Waals surface area contributed by atoms with Gasteiger partial charge in [0.1, 0.15) is 0 Å². The molecule has 0 radical (unpaired) electrons. The molecule has 0 aromatic heterocycles. The Morgan fingerprint density at radius 2 is 1.00 bits per heavy atom. The SMILES string of the molecule is CCNCC1(CNCC)c2cc(C)c(C)cc2-c2cc(C)c(C)cc21. The molecular formula is C23H32N2. The second kappa shape index (κ2) is 6.93. The largest absolute Gasteiger partial charge is 0.316 e. The van der Waals surface area contributed by atoms with E-state index in [0.29, 0.717) is 0 Å². The quantitative estimate of drug-likeness (QED) is 0.817. The first-order valence-electron chi connectivity index (χ1n) is 9.59. The maximum atomic E-state index is 3.65. The van der Waals surface area contributed by atoms with Crippen molar-refractivity contribution in [3.05, 3.63) is 57.6 Å². The molecule has 0 atom stereocenters. The van der Waals surface area contributed by atoms with Gasteiger partial charge in [0.25, 0.3) is 0 Å². The molecule has 25 heavy (non-hydrogen) atoms. The Balaban J connectivity index is 2.30. The predicted molar refractivity (Wildman–Crippen MR) is 109 cm³/mol. The number of fused-ring (bicyclic) bond motifs is 3. The number of hydrogen-bond acceptors (Lipinski definition) is 2. The molecule has 2 nitrogen and oxygen atoms in total. The van der Waals surface area contributed by atoms with Crippen LogP contribution in [0, 0.1) is 27.7 Å². The van der Waals surface area contributed by atoms with Gasteiger partial charge in [0.05, 0.1) is 0 Å². The lowest BCUT2D eigenvalue weighted by Crippen LogP contribution is -2.45. The van der Waals surface area contributed by atoms with Gasteiger partial charge in [-0.2, -0.15) is 0 Å². The Labute approximate surface area is 153 Å². The Kier molecular flexibility index (Phi) is 5.04. The van der Waals surface area contributed by atoms with E-state index in [2.05, 4.69) is 76.4 Å². The summed E-state index contributed by atoms with van der Waals surface area (Å²) in [5, 5.41) is 7.30. The van der Waals surface area contributed by atoms with Crippen molar-refractivity contribution in [3.8, 4) is 11.1 Å². The van der Waals surface area contributed by atoms with Crippen LogP contribution in [0.2, 0.25) is 0 Å². The topological polar surface area (TPSA) is 24.1 Å². The molecule has 0 aliphatic heterocycles. The number of hydrogen-bond donors (Lipinski definition) is 2. The molecular weight excluding hydrogens is 304 g/mol. The highest BCUT2D eigenvalue weighted by atomic mass is 14.9. The number of rotatable bonds is 6. The summed E-state index contributed by atoms with van der Waals surface area (Å²) in [5.41, 5.74) is 11.4. The maximum absolute atomic E-state index is 3.65. The highest BCUT2D eigenvalue weighted by molar-refractivity contribution is 5.83. The van der Waals surface area contributed by atoms with E-state index in [9.17, 15) is 0 Å². The Morgan fingerprint density at radius 3 is 1.36 bits per heavy atom. The van der Waals surface area contributed by atoms with Gasteiger partial charge in [0.15, 0.2) is 0 Å². The minimum Gasteiger partial charge on any atom is -0.316 e. The van der Waals surface area contributed by atoms with E-state index in [1.54, 1.807) is 0 Å². The molecule has 2 aromatic rings. The lowest BCUT2D eigenvalue weighted by atomic mass is 9.76. The number of aryl methyl sites for hydroxylation is 4. The van der Waals surface area contributed by atoms with Gasteiger partial charge in [-0.15, -0.1) is 0 Å². The van der Waals surface area contributed by atoms with Crippen molar-refractivity contribution in [1.29, 1.82) is 0 Å². The van der Waals surface area contributed by atoms with Crippen molar-refractivity contribution in [1.82, 2.24) is 10.6 Å². The fourth-order valence-electron chi connectivity index (χ4n) is 4.14. The van der Waals surface area contributed by atoms with E-state index >= 15 is 0 Å². The fourth-order valence-corrected chi connectivity index (χ4v) is 4.14. The average molecular weight is 337 g/mol. The minimum atomic E-state index is 0.00755. The molecule has 0 unspecified atom stereocenters. The monoisotopic (exact) mass is 336 g/mol. The van der Waals surface area contributed by atoms with Crippen molar-refractivity contribution < 1.29 is 0 Å². The van der Waals surface area contributed by atoms with Crippen LogP contribution in [0.15, 0.2) is 24.3 Å². The molecule has 0 bridgehead atoms. The summed E-state index contributed by atoms with van der Waals surface area (Å²) in [7, 11) is 0. The average Bonchev–Trinajstić information content (AvgIpc) is 2.82. The molecule has 2 N–H and O–H groups in total. The summed E-state index contributed by atoms with van der Waals surface area (Å²) in [6.45, 7) is 17.2. The van der Waals surface area contributed by atoms with Crippen molar-refractivity contribution in [3.63, 3.8) is 0 Å². The molecule has 2 aromatic carbocycles. The third kappa shape index (κ3) is 2.92. The molecule has 0 saturated heterocycles. The van der Waals surface area contributed by atoms with E-state index in [0.717, 1.165) is 26.2 Å². The van der Waals surface area contributed by atoms with Crippen LogP contribution in [0.25, 0.3) is 11.1 Å². The van der Waals surface area contributed by atoms with E-state index in [-0.39, 0.29) is 5.41 Å². The molecule has 0 fully saturated rings. The molecule has 0 heterocycles. The lowest BCUT2D eigenvalue weighted by molar-refractivity contribution is 0.448. The van der Waals surface area contributed by atoms with Crippen LogP contribution in [0.4, 0.5) is 0 Å². The summed E-state index contributed by atoms with van der Waals surface area (Å²) in [6, 6.07) is 9.67. The Morgan fingerprint density at radius 1 is 0.640 bits per heavy atom. The maximum Gasteiger partial charge on any atom is 0.0463 e. The summed E-state index contributed by atoms with van der Waals surface area (Å²) >= 11 is 0. The highest BCUT2D eigenvalue weighted by Gasteiger charge is 2.43. The first-order valence-corrected chi connectivity index (χ1v) is 9.59. The summed E-state index contributed by atoms with van der Waals surface area (Å²) in [5.74, 6) is 0. The van der Waals surface area contributed by atoms with Gasteiger partial charge in [-0.1, -0.05) is 38.1 Å². The van der Waals surface area contributed by atoms with Crippen LogP contribution in [0.1, 0.15) is 47.2 Å². The zero-order valence-corrected chi connectivity index (χ0v) is 16.6. The molecule has 3 rings (SSSR count). The first kappa shape index (κ1) is 18.2. The molecule has 1 aliphatic rings. The van der Waals surface area contributed by atoms with Gasteiger partial charge >= 0.3 is 0 Å². The van der Waals surface area contributed by atoms with Crippen LogP contribution in [0.5, 0.6) is 0 Å². The summed E-state index contributed by atoms with van der Waals surface area (Å²) < 4.78 is 0. The van der Waals surface area contributed by atoms with E-state index in [4.69, 9.17) is 0 Å². The van der Waals surface area contributed by atoms with Crippen LogP contribution in [0.3, 0.4) is 0 Å². The molecule has 2 heteroatoms. The predicted octanol–water partition coefficient (Wildman–Crippen LogP) is 4.41. The van der Waals surface area contributed by atoms with Gasteiger partial charge in [0, 0.05) is 18.5 Å². The van der Waals surface area contributed by atoms with Crippen molar-refractivity contribution >= 4 is 0 Å². The summed E-state index contributed by atoms with van der Waals surface area (Å²) in [4.78, 5) is 0. The van der Waals surface area contributed by atoms with Crippen LogP contribution in [-0.4, -0.2) is 26.2 Å². The fraction of sp³-hybridized carbons (Fsp3) is 0.478. The lowest BCUT2D eigenvalue weighted by Gasteiger charge is -2.33. The number of likely N-dealkylation sites (N-methyl/N-ethyl adjacent to an activating group) is 2. The van der Waals surface area contributed by atoms with Crippen LogP contribution in [-0.2, 0) is 5.41 Å². The first-order chi connectivity index (χ1) is 11.9. The molecule has 0 spiro atoms. The Bertz CT molecular complexity index is 722. The van der Waals surface area contributed by atoms with Crippen molar-refractivity contribution in [2.45, 2.75) is 47.0 Å². The second-order valence-electron chi connectivity index (χ2n) is 7.61. The van der Waals surface area contributed by atoms with Gasteiger partial charge in [-0.25, -0.2) is 0 Å². The van der Waals surface area contributed by atoms with Gasteiger partial charge in [-0.05, 0) is 85.3 Å².